The Labute approximate surface area is 166 Å². The van der Waals surface area contributed by atoms with Crippen LogP contribution in [-0.2, 0) is 6.54 Å². The molecule has 2 heterocycles. The van der Waals surface area contributed by atoms with E-state index < -0.39 is 5.91 Å². The fraction of sp³-hybridized carbons (Fsp3) is 0.0435. The first-order valence-electron chi connectivity index (χ1n) is 9.20. The summed E-state index contributed by atoms with van der Waals surface area (Å²) < 4.78 is 5.72. The van der Waals surface area contributed by atoms with Crippen molar-refractivity contribution in [2.45, 2.75) is 6.54 Å². The number of nitrogens with zero attached hydrogens (tertiary/aromatic N) is 1. The molecule has 0 aliphatic carbocycles. The number of hydrogen-bond acceptors (Lipinski definition) is 4. The largest absolute Gasteiger partial charge is 0.454 e. The minimum atomic E-state index is -0.396. The van der Waals surface area contributed by atoms with Crippen molar-refractivity contribution in [1.29, 1.82) is 0 Å². The van der Waals surface area contributed by atoms with Gasteiger partial charge in [0.25, 0.3) is 11.8 Å². The summed E-state index contributed by atoms with van der Waals surface area (Å²) in [6, 6.07) is 21.9. The lowest BCUT2D eigenvalue weighted by atomic mass is 10.1. The predicted octanol–water partition coefficient (Wildman–Crippen LogP) is 4.43. The maximum absolute atomic E-state index is 12.9. The highest BCUT2D eigenvalue weighted by atomic mass is 16.4. The second kappa shape index (κ2) is 6.53. The third kappa shape index (κ3) is 2.82. The lowest BCUT2D eigenvalue weighted by Gasteiger charge is -2.16. The third-order valence-electron chi connectivity index (χ3n) is 5.06. The van der Waals surface area contributed by atoms with Crippen molar-refractivity contribution in [3.05, 3.63) is 89.9 Å². The number of anilines is 3. The molecule has 5 rings (SSSR count). The summed E-state index contributed by atoms with van der Waals surface area (Å²) in [4.78, 5) is 27.0. The number of nitrogens with two attached hydrogens (primary N) is 1. The van der Waals surface area contributed by atoms with Gasteiger partial charge in [-0.1, -0.05) is 36.4 Å². The molecule has 0 radical (unpaired) electrons. The normalized spacial score (nSPS) is 12.6. The molecule has 0 atom stereocenters. The van der Waals surface area contributed by atoms with Crippen molar-refractivity contribution in [3.8, 4) is 0 Å². The number of benzene rings is 3. The van der Waals surface area contributed by atoms with Crippen molar-refractivity contribution in [3.63, 3.8) is 0 Å². The molecule has 0 bridgehead atoms. The van der Waals surface area contributed by atoms with Gasteiger partial charge in [-0.25, -0.2) is 0 Å². The van der Waals surface area contributed by atoms with Crippen LogP contribution in [0.15, 0.2) is 77.2 Å². The summed E-state index contributed by atoms with van der Waals surface area (Å²) in [5, 5.41) is 4.71. The molecule has 29 heavy (non-hydrogen) atoms. The Morgan fingerprint density at radius 3 is 2.59 bits per heavy atom. The molecule has 0 saturated carbocycles. The Morgan fingerprint density at radius 2 is 1.76 bits per heavy atom. The molecular weight excluding hydrogens is 366 g/mol. The van der Waals surface area contributed by atoms with Crippen molar-refractivity contribution >= 4 is 39.6 Å². The van der Waals surface area contributed by atoms with Gasteiger partial charge in [-0.2, -0.15) is 0 Å². The molecule has 1 aliphatic rings. The van der Waals surface area contributed by atoms with E-state index in [1.54, 1.807) is 41.3 Å². The predicted molar refractivity (Wildman–Crippen MR) is 112 cm³/mol. The van der Waals surface area contributed by atoms with E-state index in [9.17, 15) is 9.59 Å². The zero-order chi connectivity index (χ0) is 20.0. The number of nitrogens with one attached hydrogen (secondary N) is 1. The molecular formula is C23H17N3O3. The number of nitrogen functional groups attached to an aromatic ring is 1. The van der Waals surface area contributed by atoms with Gasteiger partial charge in [0.1, 0.15) is 5.76 Å². The monoisotopic (exact) mass is 383 g/mol. The lowest BCUT2D eigenvalue weighted by molar-refractivity contribution is 0.0989. The molecule has 142 valence electrons. The highest BCUT2D eigenvalue weighted by Crippen LogP contribution is 2.38. The molecule has 1 aliphatic heterocycles. The van der Waals surface area contributed by atoms with Crippen molar-refractivity contribution in [2.24, 2.45) is 0 Å². The number of amides is 2. The SMILES string of the molecule is Nc1ccccc1NC(=O)c1ccc(CN2C(=O)c3cccc4cccc2c34)o1. The highest BCUT2D eigenvalue weighted by Gasteiger charge is 2.30. The molecule has 6 nitrogen and oxygen atoms in total. The number of furan rings is 1. The molecule has 4 aromatic rings. The molecule has 6 heteroatoms. The summed E-state index contributed by atoms with van der Waals surface area (Å²) in [6.07, 6.45) is 0. The number of carbonyl (C=O) groups is 2. The average molecular weight is 383 g/mol. The molecule has 3 aromatic carbocycles. The molecule has 0 fully saturated rings. The van der Waals surface area contributed by atoms with Gasteiger partial charge in [-0.05, 0) is 41.8 Å². The number of hydrogen-bond donors (Lipinski definition) is 2. The van der Waals surface area contributed by atoms with Gasteiger partial charge in [-0.3, -0.25) is 9.59 Å². The molecule has 0 spiro atoms. The van der Waals surface area contributed by atoms with Crippen molar-refractivity contribution in [1.82, 2.24) is 0 Å². The van der Waals surface area contributed by atoms with Crippen LogP contribution in [0.2, 0.25) is 0 Å². The summed E-state index contributed by atoms with van der Waals surface area (Å²) in [7, 11) is 0. The Balaban J connectivity index is 1.39. The van der Waals surface area contributed by atoms with Crippen molar-refractivity contribution in [2.75, 3.05) is 16.0 Å². The summed E-state index contributed by atoms with van der Waals surface area (Å²) in [6.45, 7) is 0.243. The summed E-state index contributed by atoms with van der Waals surface area (Å²) >= 11 is 0. The van der Waals surface area contributed by atoms with E-state index in [-0.39, 0.29) is 18.2 Å². The van der Waals surface area contributed by atoms with Crippen LogP contribution in [-0.4, -0.2) is 11.8 Å². The lowest BCUT2D eigenvalue weighted by Crippen LogP contribution is -2.25. The van der Waals surface area contributed by atoms with E-state index in [2.05, 4.69) is 5.32 Å². The molecule has 0 saturated heterocycles. The van der Waals surface area contributed by atoms with Crippen LogP contribution >= 0.6 is 0 Å². The minimum Gasteiger partial charge on any atom is -0.454 e. The standard InChI is InChI=1S/C23H17N3O3/c24-17-8-1-2-9-18(17)25-22(27)20-12-11-15(29-20)13-26-19-10-4-6-14-5-3-7-16(21(14)19)23(26)28/h1-12H,13,24H2,(H,25,27). The fourth-order valence-corrected chi connectivity index (χ4v) is 3.67. The molecule has 0 unspecified atom stereocenters. The van der Waals surface area contributed by atoms with Crippen molar-refractivity contribution < 1.29 is 14.0 Å². The molecule has 2 amide bonds. The maximum atomic E-state index is 12.9. The number of para-hydroxylation sites is 2. The second-order valence-electron chi connectivity index (χ2n) is 6.88. The Hall–Kier alpha value is -4.06. The van der Waals surface area contributed by atoms with Gasteiger partial charge < -0.3 is 20.4 Å². The Kier molecular flexibility index (Phi) is 3.84. The van der Waals surface area contributed by atoms with E-state index >= 15 is 0 Å². The van der Waals surface area contributed by atoms with Crippen LogP contribution in [0.25, 0.3) is 10.8 Å². The number of carbonyl (C=O) groups excluding carboxylic acids is 2. The first-order chi connectivity index (χ1) is 14.1. The first-order valence-corrected chi connectivity index (χ1v) is 9.20. The third-order valence-corrected chi connectivity index (χ3v) is 5.06. The summed E-state index contributed by atoms with van der Waals surface area (Å²) in [5.41, 5.74) is 8.39. The zero-order valence-electron chi connectivity index (χ0n) is 15.4. The smallest absolute Gasteiger partial charge is 0.291 e. The number of rotatable bonds is 4. The van der Waals surface area contributed by atoms with E-state index in [1.807, 2.05) is 36.4 Å². The topological polar surface area (TPSA) is 88.6 Å². The van der Waals surface area contributed by atoms with Gasteiger partial charge in [0.15, 0.2) is 5.76 Å². The Morgan fingerprint density at radius 1 is 0.966 bits per heavy atom. The summed E-state index contributed by atoms with van der Waals surface area (Å²) in [5.74, 6) is 0.212. The van der Waals surface area contributed by atoms with Crippen LogP contribution < -0.4 is 16.0 Å². The van der Waals surface area contributed by atoms with Gasteiger partial charge in [0.2, 0.25) is 0 Å². The van der Waals surface area contributed by atoms with Crippen LogP contribution in [0, 0.1) is 0 Å². The highest BCUT2D eigenvalue weighted by molar-refractivity contribution is 6.24. The van der Waals surface area contributed by atoms with E-state index in [0.717, 1.165) is 16.5 Å². The van der Waals surface area contributed by atoms with Crippen LogP contribution in [0.1, 0.15) is 26.7 Å². The van der Waals surface area contributed by atoms with E-state index in [0.29, 0.717) is 22.7 Å². The average Bonchev–Trinajstić information content (AvgIpc) is 3.31. The fourth-order valence-electron chi connectivity index (χ4n) is 3.67. The second-order valence-corrected chi connectivity index (χ2v) is 6.88. The van der Waals surface area contributed by atoms with Crippen LogP contribution in [0.4, 0.5) is 17.1 Å². The van der Waals surface area contributed by atoms with Crippen LogP contribution in [0.3, 0.4) is 0 Å². The minimum absolute atomic E-state index is 0.0729. The molecule has 3 N–H and O–H groups in total. The molecule has 1 aromatic heterocycles. The zero-order valence-corrected chi connectivity index (χ0v) is 15.4. The van der Waals surface area contributed by atoms with Gasteiger partial charge in [0, 0.05) is 10.9 Å². The Bertz CT molecular complexity index is 1270. The van der Waals surface area contributed by atoms with Gasteiger partial charge in [-0.15, -0.1) is 0 Å². The van der Waals surface area contributed by atoms with E-state index in [1.165, 1.54) is 0 Å². The first kappa shape index (κ1) is 17.1. The maximum Gasteiger partial charge on any atom is 0.291 e. The van der Waals surface area contributed by atoms with E-state index in [4.69, 9.17) is 10.2 Å². The quantitative estimate of drug-likeness (QED) is 0.510. The van der Waals surface area contributed by atoms with Gasteiger partial charge >= 0.3 is 0 Å². The van der Waals surface area contributed by atoms with Crippen LogP contribution in [0.5, 0.6) is 0 Å². The van der Waals surface area contributed by atoms with Gasteiger partial charge in [0.05, 0.1) is 23.6 Å².